The van der Waals surface area contributed by atoms with Gasteiger partial charge in [0.25, 0.3) is 5.91 Å². The minimum Gasteiger partial charge on any atom is -0.352 e. The Kier molecular flexibility index (Phi) is 7.89. The van der Waals surface area contributed by atoms with Crippen molar-refractivity contribution in [2.45, 2.75) is 46.1 Å². The van der Waals surface area contributed by atoms with E-state index in [9.17, 15) is 9.59 Å². The highest BCUT2D eigenvalue weighted by molar-refractivity contribution is 5.95. The molecule has 5 nitrogen and oxygen atoms in total. The fourth-order valence-corrected chi connectivity index (χ4v) is 3.99. The molecular formula is C25H33N3O2. The van der Waals surface area contributed by atoms with E-state index < -0.39 is 0 Å². The zero-order chi connectivity index (χ0) is 21.3. The van der Waals surface area contributed by atoms with E-state index in [1.165, 1.54) is 5.56 Å². The molecule has 0 heterocycles. The Bertz CT molecular complexity index is 840. The molecule has 2 aromatic rings. The van der Waals surface area contributed by atoms with E-state index >= 15 is 0 Å². The molecule has 160 valence electrons. The van der Waals surface area contributed by atoms with Gasteiger partial charge in [-0.25, -0.2) is 4.79 Å². The van der Waals surface area contributed by atoms with E-state index in [1.54, 1.807) is 0 Å². The fraction of sp³-hybridized carbons (Fsp3) is 0.440. The summed E-state index contributed by atoms with van der Waals surface area (Å²) in [5.74, 6) is 1.05. The Labute approximate surface area is 179 Å². The second kappa shape index (κ2) is 10.8. The molecule has 1 aliphatic rings. The van der Waals surface area contributed by atoms with Gasteiger partial charge in [0.05, 0.1) is 0 Å². The maximum atomic E-state index is 12.4. The molecular weight excluding hydrogens is 374 g/mol. The van der Waals surface area contributed by atoms with Gasteiger partial charge in [0.15, 0.2) is 0 Å². The maximum Gasteiger partial charge on any atom is 0.315 e. The molecule has 30 heavy (non-hydrogen) atoms. The van der Waals surface area contributed by atoms with Crippen LogP contribution < -0.4 is 16.0 Å². The van der Waals surface area contributed by atoms with Gasteiger partial charge in [-0.05, 0) is 68.6 Å². The number of hydrogen-bond acceptors (Lipinski definition) is 2. The summed E-state index contributed by atoms with van der Waals surface area (Å²) in [7, 11) is 0. The highest BCUT2D eigenvalue weighted by atomic mass is 16.2. The number of amides is 3. The van der Waals surface area contributed by atoms with Crippen LogP contribution in [0.5, 0.6) is 0 Å². The van der Waals surface area contributed by atoms with Crippen molar-refractivity contribution in [3.05, 3.63) is 70.8 Å². The van der Waals surface area contributed by atoms with E-state index in [2.05, 4.69) is 35.0 Å². The number of aryl methyl sites for hydroxylation is 2. The Morgan fingerprint density at radius 2 is 1.40 bits per heavy atom. The molecule has 0 saturated heterocycles. The minimum absolute atomic E-state index is 0.0159. The first-order valence-electron chi connectivity index (χ1n) is 10.9. The SMILES string of the molecule is Cc1ccc(CNC(=O)NCC2CCC(CNC(=O)c3ccccc3C)CC2)cc1. The van der Waals surface area contributed by atoms with Crippen LogP contribution in [0.1, 0.15) is 52.7 Å². The first-order valence-corrected chi connectivity index (χ1v) is 10.9. The first-order chi connectivity index (χ1) is 14.5. The molecule has 3 N–H and O–H groups in total. The van der Waals surface area contributed by atoms with Gasteiger partial charge >= 0.3 is 6.03 Å². The molecule has 0 aliphatic heterocycles. The number of rotatable bonds is 7. The van der Waals surface area contributed by atoms with Gasteiger partial charge in [-0.2, -0.15) is 0 Å². The predicted octanol–water partition coefficient (Wildman–Crippen LogP) is 4.34. The van der Waals surface area contributed by atoms with Gasteiger partial charge in [-0.15, -0.1) is 0 Å². The van der Waals surface area contributed by atoms with Crippen LogP contribution >= 0.6 is 0 Å². The lowest BCUT2D eigenvalue weighted by molar-refractivity contribution is 0.0940. The lowest BCUT2D eigenvalue weighted by Crippen LogP contribution is -2.39. The average Bonchev–Trinajstić information content (AvgIpc) is 2.76. The summed E-state index contributed by atoms with van der Waals surface area (Å²) in [5, 5.41) is 9.02. The smallest absolute Gasteiger partial charge is 0.315 e. The normalized spacial score (nSPS) is 18.5. The number of benzene rings is 2. The van der Waals surface area contributed by atoms with Gasteiger partial charge in [-0.1, -0.05) is 48.0 Å². The van der Waals surface area contributed by atoms with Crippen LogP contribution in [0.4, 0.5) is 4.79 Å². The van der Waals surface area contributed by atoms with E-state index in [0.717, 1.165) is 48.9 Å². The van der Waals surface area contributed by atoms with Crippen LogP contribution in [0.25, 0.3) is 0 Å². The van der Waals surface area contributed by atoms with Crippen molar-refractivity contribution in [1.29, 1.82) is 0 Å². The van der Waals surface area contributed by atoms with Crippen molar-refractivity contribution in [2.75, 3.05) is 13.1 Å². The van der Waals surface area contributed by atoms with Gasteiger partial charge in [-0.3, -0.25) is 4.79 Å². The summed E-state index contributed by atoms with van der Waals surface area (Å²) in [6, 6.07) is 15.8. The second-order valence-corrected chi connectivity index (χ2v) is 8.46. The fourth-order valence-electron chi connectivity index (χ4n) is 3.99. The maximum absolute atomic E-state index is 12.4. The summed E-state index contributed by atoms with van der Waals surface area (Å²) >= 11 is 0. The van der Waals surface area contributed by atoms with Crippen molar-refractivity contribution in [3.8, 4) is 0 Å². The standard InChI is InChI=1S/C25H33N3O2/c1-18-7-9-20(10-8-18)16-27-25(30)28-17-22-13-11-21(12-14-22)15-26-24(29)23-6-4-3-5-19(23)2/h3-10,21-22H,11-17H2,1-2H3,(H,26,29)(H2,27,28,30). The molecule has 0 aromatic heterocycles. The Morgan fingerprint density at radius 1 is 0.800 bits per heavy atom. The Hall–Kier alpha value is -2.82. The molecule has 1 aliphatic carbocycles. The second-order valence-electron chi connectivity index (χ2n) is 8.46. The molecule has 0 atom stereocenters. The number of nitrogens with one attached hydrogen (secondary N) is 3. The topological polar surface area (TPSA) is 70.2 Å². The lowest BCUT2D eigenvalue weighted by atomic mass is 9.82. The molecule has 0 bridgehead atoms. The number of hydrogen-bond donors (Lipinski definition) is 3. The van der Waals surface area contributed by atoms with E-state index in [0.29, 0.717) is 24.9 Å². The van der Waals surface area contributed by atoms with Gasteiger partial charge in [0.2, 0.25) is 0 Å². The van der Waals surface area contributed by atoms with Gasteiger partial charge in [0, 0.05) is 25.2 Å². The quantitative estimate of drug-likeness (QED) is 0.639. The van der Waals surface area contributed by atoms with Crippen LogP contribution in [-0.4, -0.2) is 25.0 Å². The first kappa shape index (κ1) is 21.9. The van der Waals surface area contributed by atoms with E-state index in [1.807, 2.05) is 43.3 Å². The highest BCUT2D eigenvalue weighted by Gasteiger charge is 2.22. The summed E-state index contributed by atoms with van der Waals surface area (Å²) in [6.07, 6.45) is 4.35. The molecule has 3 rings (SSSR count). The average molecular weight is 408 g/mol. The Balaban J connectivity index is 1.30. The van der Waals surface area contributed by atoms with Crippen molar-refractivity contribution in [2.24, 2.45) is 11.8 Å². The third kappa shape index (κ3) is 6.61. The van der Waals surface area contributed by atoms with Crippen molar-refractivity contribution in [1.82, 2.24) is 16.0 Å². The summed E-state index contributed by atoms with van der Waals surface area (Å²) in [5.41, 5.74) is 4.08. The van der Waals surface area contributed by atoms with Crippen molar-refractivity contribution < 1.29 is 9.59 Å². The van der Waals surface area contributed by atoms with Crippen LogP contribution in [0.3, 0.4) is 0 Å². The molecule has 5 heteroatoms. The molecule has 2 aromatic carbocycles. The third-order valence-corrected chi connectivity index (χ3v) is 6.03. The Morgan fingerprint density at radius 3 is 2.03 bits per heavy atom. The van der Waals surface area contributed by atoms with Crippen LogP contribution in [0, 0.1) is 25.7 Å². The predicted molar refractivity (Wildman–Crippen MR) is 120 cm³/mol. The molecule has 0 unspecified atom stereocenters. The van der Waals surface area contributed by atoms with Crippen LogP contribution in [0.2, 0.25) is 0 Å². The molecule has 0 radical (unpaired) electrons. The van der Waals surface area contributed by atoms with Crippen molar-refractivity contribution >= 4 is 11.9 Å². The van der Waals surface area contributed by atoms with Crippen LogP contribution in [0.15, 0.2) is 48.5 Å². The molecule has 3 amide bonds. The molecule has 1 fully saturated rings. The minimum atomic E-state index is -0.108. The number of carbonyl (C=O) groups excluding carboxylic acids is 2. The van der Waals surface area contributed by atoms with E-state index in [4.69, 9.17) is 0 Å². The van der Waals surface area contributed by atoms with Crippen molar-refractivity contribution in [3.63, 3.8) is 0 Å². The zero-order valence-electron chi connectivity index (χ0n) is 18.0. The lowest BCUT2D eigenvalue weighted by Gasteiger charge is -2.28. The largest absolute Gasteiger partial charge is 0.352 e. The molecule has 1 saturated carbocycles. The summed E-state index contributed by atoms with van der Waals surface area (Å²) < 4.78 is 0. The van der Waals surface area contributed by atoms with Gasteiger partial charge < -0.3 is 16.0 Å². The highest BCUT2D eigenvalue weighted by Crippen LogP contribution is 2.28. The van der Waals surface area contributed by atoms with E-state index in [-0.39, 0.29) is 11.9 Å². The molecule has 0 spiro atoms. The van der Waals surface area contributed by atoms with Crippen LogP contribution in [-0.2, 0) is 6.54 Å². The third-order valence-electron chi connectivity index (χ3n) is 6.03. The summed E-state index contributed by atoms with van der Waals surface area (Å²) in [6.45, 7) is 5.99. The van der Waals surface area contributed by atoms with Gasteiger partial charge in [0.1, 0.15) is 0 Å². The summed E-state index contributed by atoms with van der Waals surface area (Å²) in [4.78, 5) is 24.4. The number of urea groups is 1. The number of carbonyl (C=O) groups is 2. The monoisotopic (exact) mass is 407 g/mol. The zero-order valence-corrected chi connectivity index (χ0v) is 18.0.